The van der Waals surface area contributed by atoms with E-state index in [1.165, 1.54) is 0 Å². The van der Waals surface area contributed by atoms with Gasteiger partial charge in [0, 0.05) is 0 Å². The normalized spacial score (nSPS) is 16.8. The second kappa shape index (κ2) is 7.52. The highest BCUT2D eigenvalue weighted by atomic mass is 19.4. The molecule has 0 spiro atoms. The quantitative estimate of drug-likeness (QED) is 0.289. The van der Waals surface area contributed by atoms with Crippen LogP contribution in [0.25, 0.3) is 0 Å². The minimum atomic E-state index is -8.29. The number of allylic oxidation sites excluding steroid dienone is 2. The zero-order chi connectivity index (χ0) is 26.7. The van der Waals surface area contributed by atoms with Crippen LogP contribution in [0.15, 0.2) is 11.4 Å². The maximum absolute atomic E-state index is 13.5. The van der Waals surface area contributed by atoms with E-state index in [-0.39, 0.29) is 0 Å². The Bertz CT molecular complexity index is 740. The van der Waals surface area contributed by atoms with Gasteiger partial charge in [-0.15, -0.1) is 0 Å². The number of hydrogen-bond acceptors (Lipinski definition) is 1. The molecule has 190 valence electrons. The highest BCUT2D eigenvalue weighted by Crippen LogP contribution is 2.58. The molecule has 0 unspecified atom stereocenters. The Kier molecular flexibility index (Phi) is 7.05. The predicted octanol–water partition coefficient (Wildman–Crippen LogP) is 6.64. The predicted molar refractivity (Wildman–Crippen MR) is 56.0 cm³/mol. The van der Waals surface area contributed by atoms with Crippen LogP contribution in [-0.4, -0.2) is 53.9 Å². The second-order valence-electron chi connectivity index (χ2n) is 5.39. The Balaban J connectivity index is 7.36. The van der Waals surface area contributed by atoms with Crippen molar-refractivity contribution >= 4 is 5.78 Å². The van der Waals surface area contributed by atoms with Gasteiger partial charge in [-0.05, 0) is 0 Å². The number of carbonyl (C=O) groups excluding carboxylic acids is 1. The molecule has 0 fully saturated rings. The molecule has 0 N–H and O–H groups in total. The van der Waals surface area contributed by atoms with Gasteiger partial charge >= 0.3 is 48.1 Å². The number of halogens is 20. The van der Waals surface area contributed by atoms with Gasteiger partial charge in [0.1, 0.15) is 5.57 Å². The summed E-state index contributed by atoms with van der Waals surface area (Å²) in [7, 11) is 0. The third-order valence-corrected chi connectivity index (χ3v) is 3.26. The lowest BCUT2D eigenvalue weighted by Crippen LogP contribution is -2.64. The van der Waals surface area contributed by atoms with E-state index in [0.717, 1.165) is 0 Å². The summed E-state index contributed by atoms with van der Waals surface area (Å²) in [6, 6.07) is 0. The molecule has 21 heteroatoms. The summed E-state index contributed by atoms with van der Waals surface area (Å²) in [5, 5.41) is 0. The van der Waals surface area contributed by atoms with Crippen LogP contribution in [0.5, 0.6) is 0 Å². The second-order valence-corrected chi connectivity index (χ2v) is 5.39. The molecule has 0 atom stereocenters. The maximum Gasteiger partial charge on any atom is 0.460 e. The van der Waals surface area contributed by atoms with Crippen molar-refractivity contribution in [1.29, 1.82) is 0 Å². The zero-order valence-corrected chi connectivity index (χ0v) is 13.5. The molecule has 0 bridgehead atoms. The SMILES string of the molecule is O=C(C(F)=C(C(F)(F)F)C(F)(C(F)(F)F)C(F)(F)F)C(F)(F)C(F)(F)C(F)(F)C(F)(F)F. The van der Waals surface area contributed by atoms with Gasteiger partial charge in [-0.2, -0.15) is 79.0 Å². The van der Waals surface area contributed by atoms with Crippen LogP contribution >= 0.6 is 0 Å². The van der Waals surface area contributed by atoms with E-state index in [1.807, 2.05) is 0 Å². The average Bonchev–Trinajstić information content (AvgIpc) is 2.48. The number of ketones is 1. The summed E-state index contributed by atoms with van der Waals surface area (Å²) in [4.78, 5) is 10.8. The monoisotopic (exact) mass is 528 g/mol. The molecular weight excluding hydrogens is 528 g/mol. The number of hydrogen-bond donors (Lipinski definition) is 0. The van der Waals surface area contributed by atoms with E-state index < -0.39 is 65.3 Å². The third-order valence-electron chi connectivity index (χ3n) is 3.26. The van der Waals surface area contributed by atoms with Crippen LogP contribution < -0.4 is 0 Å². The first kappa shape index (κ1) is 30.0. The standard InChI is InChI=1S/C11F20O/c12-1(2(6(16,17)18)4(13,9(23,24)25)10(26,27)28)3(32)5(14,15)7(19,20)8(21,22)11(29,30)31. The Hall–Kier alpha value is -1.99. The lowest BCUT2D eigenvalue weighted by Gasteiger charge is -2.34. The Morgan fingerprint density at radius 1 is 0.469 bits per heavy atom. The molecule has 0 amide bonds. The molecule has 0 aliphatic rings. The summed E-state index contributed by atoms with van der Waals surface area (Å²) >= 11 is 0. The molecule has 32 heavy (non-hydrogen) atoms. The first-order chi connectivity index (χ1) is 13.4. The summed E-state index contributed by atoms with van der Waals surface area (Å²) in [5.74, 6) is -35.3. The molecule has 0 aromatic rings. The average molecular weight is 528 g/mol. The van der Waals surface area contributed by atoms with Gasteiger partial charge in [0.05, 0.1) is 0 Å². The maximum atomic E-state index is 13.5. The molecule has 1 nitrogen and oxygen atoms in total. The van der Waals surface area contributed by atoms with Gasteiger partial charge in [0.15, 0.2) is 5.83 Å². The largest absolute Gasteiger partial charge is 0.460 e. The first-order valence-corrected chi connectivity index (χ1v) is 6.48. The first-order valence-electron chi connectivity index (χ1n) is 6.48. The van der Waals surface area contributed by atoms with Crippen molar-refractivity contribution in [2.75, 3.05) is 0 Å². The van der Waals surface area contributed by atoms with Crippen LogP contribution in [0.4, 0.5) is 87.8 Å². The molecule has 0 aromatic heterocycles. The van der Waals surface area contributed by atoms with E-state index in [9.17, 15) is 92.6 Å². The molecule has 0 radical (unpaired) electrons. The van der Waals surface area contributed by atoms with Gasteiger partial charge in [-0.1, -0.05) is 0 Å². The fourth-order valence-corrected chi connectivity index (χ4v) is 1.68. The zero-order valence-electron chi connectivity index (χ0n) is 13.5. The van der Waals surface area contributed by atoms with Gasteiger partial charge in [0.25, 0.3) is 5.78 Å². The summed E-state index contributed by atoms with van der Waals surface area (Å²) < 4.78 is 252. The van der Waals surface area contributed by atoms with Crippen molar-refractivity contribution in [2.45, 2.75) is 48.1 Å². The molecule has 0 rings (SSSR count). The van der Waals surface area contributed by atoms with Crippen LogP contribution in [0.2, 0.25) is 0 Å². The van der Waals surface area contributed by atoms with E-state index in [0.29, 0.717) is 0 Å². The van der Waals surface area contributed by atoms with E-state index in [4.69, 9.17) is 0 Å². The molecule has 0 heterocycles. The highest BCUT2D eigenvalue weighted by molar-refractivity contribution is 6.01. The van der Waals surface area contributed by atoms with Crippen LogP contribution in [0.1, 0.15) is 0 Å². The Labute approximate surface area is 159 Å². The summed E-state index contributed by atoms with van der Waals surface area (Å²) in [6.07, 6.45) is -31.6. The Morgan fingerprint density at radius 2 is 0.781 bits per heavy atom. The van der Waals surface area contributed by atoms with Gasteiger partial charge in [0.2, 0.25) is 0 Å². The summed E-state index contributed by atoms with van der Waals surface area (Å²) in [5.41, 5.74) is -13.8. The molecular formula is C11F20O. The topological polar surface area (TPSA) is 17.1 Å². The van der Waals surface area contributed by atoms with E-state index in [1.54, 1.807) is 0 Å². The lowest BCUT2D eigenvalue weighted by molar-refractivity contribution is -0.388. The van der Waals surface area contributed by atoms with E-state index >= 15 is 0 Å². The molecule has 0 aliphatic heterocycles. The molecule has 0 saturated heterocycles. The van der Waals surface area contributed by atoms with Crippen LogP contribution in [0, 0.1) is 0 Å². The van der Waals surface area contributed by atoms with Crippen molar-refractivity contribution < 1.29 is 92.6 Å². The van der Waals surface area contributed by atoms with Gasteiger partial charge < -0.3 is 0 Å². The molecule has 0 saturated carbocycles. The minimum Gasteiger partial charge on any atom is -0.284 e. The van der Waals surface area contributed by atoms with E-state index in [2.05, 4.69) is 0 Å². The third kappa shape index (κ3) is 4.29. The summed E-state index contributed by atoms with van der Waals surface area (Å²) in [6.45, 7) is 0. The van der Waals surface area contributed by atoms with Crippen molar-refractivity contribution in [2.24, 2.45) is 0 Å². The van der Waals surface area contributed by atoms with Crippen LogP contribution in [-0.2, 0) is 4.79 Å². The van der Waals surface area contributed by atoms with Gasteiger partial charge in [-0.25, -0.2) is 8.78 Å². The highest BCUT2D eigenvalue weighted by Gasteiger charge is 2.85. The van der Waals surface area contributed by atoms with Crippen molar-refractivity contribution in [1.82, 2.24) is 0 Å². The van der Waals surface area contributed by atoms with Crippen molar-refractivity contribution in [3.8, 4) is 0 Å². The van der Waals surface area contributed by atoms with Crippen LogP contribution in [0.3, 0.4) is 0 Å². The fraction of sp³-hybridized carbons (Fsp3) is 0.727. The number of rotatable bonds is 5. The fourth-order valence-electron chi connectivity index (χ4n) is 1.68. The van der Waals surface area contributed by atoms with Gasteiger partial charge in [-0.3, -0.25) is 4.79 Å². The number of alkyl halides is 19. The lowest BCUT2D eigenvalue weighted by atomic mass is 9.89. The molecule has 0 aromatic carbocycles. The van der Waals surface area contributed by atoms with Crippen molar-refractivity contribution in [3.05, 3.63) is 11.4 Å². The minimum absolute atomic E-state index is 5.39. The number of carbonyl (C=O) groups is 1. The van der Waals surface area contributed by atoms with Crippen molar-refractivity contribution in [3.63, 3.8) is 0 Å². The molecule has 0 aliphatic carbocycles. The Morgan fingerprint density at radius 3 is 1.00 bits per heavy atom. The smallest absolute Gasteiger partial charge is 0.284 e. The number of Topliss-reactive ketones (excluding diaryl/α,β-unsaturated/α-hetero) is 1.